The van der Waals surface area contributed by atoms with Gasteiger partial charge in [-0.3, -0.25) is 4.84 Å². The minimum absolute atomic E-state index is 0.0650. The van der Waals surface area contributed by atoms with E-state index in [1.165, 1.54) is 0 Å². The summed E-state index contributed by atoms with van der Waals surface area (Å²) in [5, 5.41) is 11.3. The lowest BCUT2D eigenvalue weighted by Crippen LogP contribution is -2.08. The first-order valence-corrected chi connectivity index (χ1v) is 6.43. The Bertz CT molecular complexity index is 306. The van der Waals surface area contributed by atoms with E-state index in [1.807, 2.05) is 37.0 Å². The molecule has 14 heavy (non-hydrogen) atoms. The number of rotatable bonds is 1. The fourth-order valence-electron chi connectivity index (χ4n) is 1.59. The highest BCUT2D eigenvalue weighted by molar-refractivity contribution is 7.55. The molecule has 1 aliphatic rings. The van der Waals surface area contributed by atoms with Gasteiger partial charge in [0.2, 0.25) is 0 Å². The van der Waals surface area contributed by atoms with Gasteiger partial charge in [-0.1, -0.05) is 37.3 Å². The summed E-state index contributed by atoms with van der Waals surface area (Å²) in [6.45, 7) is 4.03. The van der Waals surface area contributed by atoms with Gasteiger partial charge in [0.25, 0.3) is 0 Å². The third-order valence-corrected chi connectivity index (χ3v) is 4.68. The van der Waals surface area contributed by atoms with E-state index in [1.54, 1.807) is 0 Å². The quantitative estimate of drug-likeness (QED) is 0.668. The summed E-state index contributed by atoms with van der Waals surface area (Å²) >= 11 is 0. The predicted octanol–water partition coefficient (Wildman–Crippen LogP) is 2.89. The highest BCUT2D eigenvalue weighted by atomic mass is 31.1. The van der Waals surface area contributed by atoms with Crippen LogP contribution in [0.25, 0.3) is 0 Å². The molecule has 0 spiro atoms. The molecular formula is C10H13NO2P-. The summed E-state index contributed by atoms with van der Waals surface area (Å²) in [6.07, 6.45) is -0.0650. The zero-order chi connectivity index (χ0) is 10.1. The minimum Gasteiger partial charge on any atom is -0.758 e. The fourth-order valence-corrected chi connectivity index (χ4v) is 2.75. The molecule has 1 aromatic carbocycles. The zero-order valence-corrected chi connectivity index (χ0v) is 9.15. The Labute approximate surface area is 85.0 Å². The van der Waals surface area contributed by atoms with Gasteiger partial charge in [-0.2, -0.15) is 0 Å². The van der Waals surface area contributed by atoms with Crippen molar-refractivity contribution < 1.29 is 4.84 Å². The van der Waals surface area contributed by atoms with Crippen molar-refractivity contribution in [2.45, 2.75) is 18.7 Å². The molecule has 1 saturated heterocycles. The average Bonchev–Trinajstić information content (AvgIpc) is 2.47. The molecule has 4 heteroatoms. The maximum atomic E-state index is 11.3. The van der Waals surface area contributed by atoms with E-state index < -0.39 is 8.07 Å². The molecule has 1 heterocycles. The van der Waals surface area contributed by atoms with Crippen LogP contribution >= 0.6 is 8.07 Å². The first-order valence-electron chi connectivity index (χ1n) is 4.62. The SMILES string of the molecule is C[C@H]1[C@@H](c2ccccc2)ON([O-])P1C. The molecular weight excluding hydrogens is 197 g/mol. The molecule has 0 saturated carbocycles. The van der Waals surface area contributed by atoms with Crippen LogP contribution in [-0.4, -0.2) is 17.3 Å². The van der Waals surface area contributed by atoms with Gasteiger partial charge in [-0.15, -0.1) is 0 Å². The first kappa shape index (κ1) is 10.1. The molecule has 76 valence electrons. The Balaban J connectivity index is 2.21. The molecule has 3 atom stereocenters. The van der Waals surface area contributed by atoms with E-state index in [0.717, 1.165) is 10.6 Å². The lowest BCUT2D eigenvalue weighted by atomic mass is 10.1. The number of hydrogen-bond acceptors (Lipinski definition) is 3. The van der Waals surface area contributed by atoms with Crippen molar-refractivity contribution in [2.75, 3.05) is 6.66 Å². The number of benzene rings is 1. The van der Waals surface area contributed by atoms with Gasteiger partial charge in [0, 0.05) is 5.66 Å². The van der Waals surface area contributed by atoms with Crippen LogP contribution < -0.4 is 0 Å². The highest BCUT2D eigenvalue weighted by Gasteiger charge is 2.33. The molecule has 3 nitrogen and oxygen atoms in total. The molecule has 0 radical (unpaired) electrons. The van der Waals surface area contributed by atoms with Crippen LogP contribution in [0, 0.1) is 5.21 Å². The summed E-state index contributed by atoms with van der Waals surface area (Å²) in [6, 6.07) is 9.91. The van der Waals surface area contributed by atoms with Crippen LogP contribution in [0.4, 0.5) is 0 Å². The summed E-state index contributed by atoms with van der Waals surface area (Å²) < 4.78 is 0. The second-order valence-corrected chi connectivity index (χ2v) is 5.78. The Morgan fingerprint density at radius 1 is 1.36 bits per heavy atom. The lowest BCUT2D eigenvalue weighted by Gasteiger charge is -2.25. The molecule has 0 aliphatic carbocycles. The highest BCUT2D eigenvalue weighted by Crippen LogP contribution is 2.54. The minimum atomic E-state index is -0.695. The van der Waals surface area contributed by atoms with Crippen molar-refractivity contribution in [3.05, 3.63) is 41.1 Å². The monoisotopic (exact) mass is 210 g/mol. The largest absolute Gasteiger partial charge is 0.758 e. The molecule has 0 amide bonds. The Morgan fingerprint density at radius 3 is 2.50 bits per heavy atom. The molecule has 0 aromatic heterocycles. The number of hydrogen-bond donors (Lipinski definition) is 0. The predicted molar refractivity (Wildman–Crippen MR) is 57.8 cm³/mol. The van der Waals surface area contributed by atoms with Crippen molar-refractivity contribution >= 4 is 8.07 Å². The molecule has 0 bridgehead atoms. The first-order chi connectivity index (χ1) is 6.70. The fraction of sp³-hybridized carbons (Fsp3) is 0.400. The van der Waals surface area contributed by atoms with Crippen LogP contribution in [0.3, 0.4) is 0 Å². The Kier molecular flexibility index (Phi) is 2.84. The molecule has 0 N–H and O–H groups in total. The van der Waals surface area contributed by atoms with Gasteiger partial charge in [0.1, 0.15) is 6.10 Å². The van der Waals surface area contributed by atoms with Crippen molar-refractivity contribution in [1.29, 1.82) is 0 Å². The van der Waals surface area contributed by atoms with E-state index in [9.17, 15) is 5.21 Å². The lowest BCUT2D eigenvalue weighted by molar-refractivity contribution is -0.0764. The zero-order valence-electron chi connectivity index (χ0n) is 8.25. The van der Waals surface area contributed by atoms with Gasteiger partial charge in [0.05, 0.1) is 0 Å². The van der Waals surface area contributed by atoms with Gasteiger partial charge < -0.3 is 5.21 Å². The molecule has 1 unspecified atom stereocenters. The average molecular weight is 210 g/mol. The van der Waals surface area contributed by atoms with Gasteiger partial charge in [-0.25, -0.2) is 5.00 Å². The van der Waals surface area contributed by atoms with Gasteiger partial charge in [0.15, 0.2) is 0 Å². The standard InChI is InChI=1S/C10H13NO2P/c1-8-10(13-11(12)14(8)2)9-6-4-3-5-7-9/h3-8,10H,1-2H3/q-1/t8-,10-,14?/m0/s1. The Morgan fingerprint density at radius 2 is 2.00 bits per heavy atom. The van der Waals surface area contributed by atoms with Crippen LogP contribution in [0.15, 0.2) is 30.3 Å². The van der Waals surface area contributed by atoms with E-state index in [0.29, 0.717) is 5.66 Å². The van der Waals surface area contributed by atoms with E-state index in [4.69, 9.17) is 4.84 Å². The van der Waals surface area contributed by atoms with Crippen molar-refractivity contribution in [3.63, 3.8) is 0 Å². The second-order valence-electron chi connectivity index (χ2n) is 3.49. The van der Waals surface area contributed by atoms with Crippen molar-refractivity contribution in [2.24, 2.45) is 0 Å². The van der Waals surface area contributed by atoms with Gasteiger partial charge >= 0.3 is 0 Å². The van der Waals surface area contributed by atoms with E-state index in [-0.39, 0.29) is 6.10 Å². The normalized spacial score (nSPS) is 33.5. The summed E-state index contributed by atoms with van der Waals surface area (Å²) in [5.41, 5.74) is 1.39. The van der Waals surface area contributed by atoms with Crippen molar-refractivity contribution in [3.8, 4) is 0 Å². The van der Waals surface area contributed by atoms with Crippen LogP contribution in [-0.2, 0) is 4.84 Å². The Hall–Kier alpha value is -0.470. The maximum absolute atomic E-state index is 11.3. The summed E-state index contributed by atoms with van der Waals surface area (Å²) in [5.74, 6) is 0. The second kappa shape index (κ2) is 3.95. The number of nitrogens with zero attached hydrogens (tertiary/aromatic N) is 1. The third-order valence-electron chi connectivity index (χ3n) is 2.62. The molecule has 1 fully saturated rings. The molecule has 1 aromatic rings. The van der Waals surface area contributed by atoms with Crippen molar-refractivity contribution in [1.82, 2.24) is 5.00 Å². The summed E-state index contributed by atoms with van der Waals surface area (Å²) in [4.78, 5) is 6.05. The topological polar surface area (TPSA) is 35.5 Å². The maximum Gasteiger partial charge on any atom is 0.111 e. The summed E-state index contributed by atoms with van der Waals surface area (Å²) in [7, 11) is -0.695. The molecule has 2 rings (SSSR count). The molecule has 1 aliphatic heterocycles. The third kappa shape index (κ3) is 1.69. The smallest absolute Gasteiger partial charge is 0.111 e. The van der Waals surface area contributed by atoms with E-state index in [2.05, 4.69) is 6.92 Å². The van der Waals surface area contributed by atoms with Crippen LogP contribution in [0.5, 0.6) is 0 Å². The van der Waals surface area contributed by atoms with Gasteiger partial charge in [-0.05, 0) is 20.3 Å². The van der Waals surface area contributed by atoms with E-state index >= 15 is 0 Å². The van der Waals surface area contributed by atoms with Crippen LogP contribution in [0.1, 0.15) is 18.6 Å². The van der Waals surface area contributed by atoms with Crippen LogP contribution in [0.2, 0.25) is 0 Å².